The van der Waals surface area contributed by atoms with Gasteiger partial charge in [-0.2, -0.15) is 0 Å². The maximum atomic E-state index is 13.2. The highest BCUT2D eigenvalue weighted by atomic mass is 16.5. The van der Waals surface area contributed by atoms with Gasteiger partial charge in [-0.25, -0.2) is 0 Å². The van der Waals surface area contributed by atoms with Gasteiger partial charge < -0.3 is 29.0 Å². The number of hydrogen-bond acceptors (Lipinski definition) is 7. The van der Waals surface area contributed by atoms with E-state index in [-0.39, 0.29) is 30.4 Å². The number of likely N-dealkylation sites (tertiary alicyclic amines) is 1. The molecule has 188 valence electrons. The van der Waals surface area contributed by atoms with E-state index in [4.69, 9.17) is 18.9 Å². The number of aliphatic hydroxyl groups is 1. The minimum absolute atomic E-state index is 0.00986. The third-order valence-electron chi connectivity index (χ3n) is 5.82. The summed E-state index contributed by atoms with van der Waals surface area (Å²) >= 11 is 0. The third-order valence-corrected chi connectivity index (χ3v) is 5.82. The Kier molecular flexibility index (Phi) is 8.40. The second-order valence-corrected chi connectivity index (χ2v) is 8.78. The first-order valence-electron chi connectivity index (χ1n) is 11.5. The first-order chi connectivity index (χ1) is 16.7. The molecule has 3 rings (SSSR count). The van der Waals surface area contributed by atoms with Crippen molar-refractivity contribution in [3.05, 3.63) is 58.7 Å². The van der Waals surface area contributed by atoms with Crippen LogP contribution >= 0.6 is 0 Å². The first kappa shape index (κ1) is 26.1. The zero-order valence-electron chi connectivity index (χ0n) is 21.1. The Balaban J connectivity index is 2.17. The number of benzene rings is 2. The molecule has 1 atom stereocenters. The van der Waals surface area contributed by atoms with Crippen molar-refractivity contribution < 1.29 is 33.6 Å². The SMILES string of the molecule is COCCN1C(=O)C(=O)/C(=C(\O)c2ccc(OC)c(C)c2)C1c1ccc(OC)c(OCC(C)C)c1. The average Bonchev–Trinajstić information content (AvgIpc) is 3.10. The molecule has 8 heteroatoms. The lowest BCUT2D eigenvalue weighted by molar-refractivity contribution is -0.140. The lowest BCUT2D eigenvalue weighted by atomic mass is 9.94. The third kappa shape index (κ3) is 5.43. The Morgan fingerprint density at radius 1 is 1.00 bits per heavy atom. The maximum absolute atomic E-state index is 13.2. The van der Waals surface area contributed by atoms with E-state index in [2.05, 4.69) is 0 Å². The molecule has 1 saturated heterocycles. The summed E-state index contributed by atoms with van der Waals surface area (Å²) < 4.78 is 21.9. The number of rotatable bonds is 10. The lowest BCUT2D eigenvalue weighted by Gasteiger charge is -2.26. The van der Waals surface area contributed by atoms with Crippen molar-refractivity contribution in [1.82, 2.24) is 4.90 Å². The highest BCUT2D eigenvalue weighted by molar-refractivity contribution is 6.46. The monoisotopic (exact) mass is 483 g/mol. The molecule has 8 nitrogen and oxygen atoms in total. The Hall–Kier alpha value is -3.52. The van der Waals surface area contributed by atoms with Crippen LogP contribution in [0.3, 0.4) is 0 Å². The molecular formula is C27H33NO7. The van der Waals surface area contributed by atoms with Gasteiger partial charge in [0, 0.05) is 19.2 Å². The highest BCUT2D eigenvalue weighted by Crippen LogP contribution is 2.42. The van der Waals surface area contributed by atoms with E-state index in [0.29, 0.717) is 35.0 Å². The molecule has 2 aromatic rings. The molecule has 1 unspecified atom stereocenters. The average molecular weight is 484 g/mol. The predicted octanol–water partition coefficient (Wildman–Crippen LogP) is 4.12. The smallest absolute Gasteiger partial charge is 0.295 e. The summed E-state index contributed by atoms with van der Waals surface area (Å²) in [6, 6.07) is 9.53. The Bertz CT molecular complexity index is 1120. The van der Waals surface area contributed by atoms with Crippen LogP contribution in [0, 0.1) is 12.8 Å². The summed E-state index contributed by atoms with van der Waals surface area (Å²) in [4.78, 5) is 27.6. The zero-order valence-corrected chi connectivity index (χ0v) is 21.1. The molecule has 0 bridgehead atoms. The van der Waals surface area contributed by atoms with Gasteiger partial charge in [-0.05, 0) is 54.3 Å². The number of ether oxygens (including phenoxy) is 4. The molecule has 0 spiro atoms. The molecule has 0 aliphatic carbocycles. The summed E-state index contributed by atoms with van der Waals surface area (Å²) in [5.41, 5.74) is 1.83. The molecular weight excluding hydrogens is 450 g/mol. The van der Waals surface area contributed by atoms with E-state index in [1.807, 2.05) is 20.8 Å². The molecule has 2 aromatic carbocycles. The second-order valence-electron chi connectivity index (χ2n) is 8.78. The molecule has 0 saturated carbocycles. The molecule has 0 radical (unpaired) electrons. The fourth-order valence-electron chi connectivity index (χ4n) is 4.06. The summed E-state index contributed by atoms with van der Waals surface area (Å²) in [7, 11) is 4.64. The van der Waals surface area contributed by atoms with Gasteiger partial charge in [0.2, 0.25) is 0 Å². The van der Waals surface area contributed by atoms with Crippen molar-refractivity contribution in [3.63, 3.8) is 0 Å². The van der Waals surface area contributed by atoms with Crippen LogP contribution in [0.1, 0.15) is 36.6 Å². The topological polar surface area (TPSA) is 94.5 Å². The summed E-state index contributed by atoms with van der Waals surface area (Å²) in [5, 5.41) is 11.3. The number of aryl methyl sites for hydroxylation is 1. The molecule has 1 aliphatic heterocycles. The van der Waals surface area contributed by atoms with E-state index in [0.717, 1.165) is 5.56 Å². The normalized spacial score (nSPS) is 17.2. The number of ketones is 1. The number of carbonyl (C=O) groups excluding carboxylic acids is 2. The molecule has 1 N–H and O–H groups in total. The van der Waals surface area contributed by atoms with Gasteiger partial charge in [0.05, 0.1) is 39.0 Å². The van der Waals surface area contributed by atoms with Crippen molar-refractivity contribution in [2.24, 2.45) is 5.92 Å². The van der Waals surface area contributed by atoms with Crippen molar-refractivity contribution in [1.29, 1.82) is 0 Å². The Labute approximate surface area is 206 Å². The number of carbonyl (C=O) groups is 2. The van der Waals surface area contributed by atoms with E-state index in [9.17, 15) is 14.7 Å². The van der Waals surface area contributed by atoms with Crippen LogP contribution < -0.4 is 14.2 Å². The van der Waals surface area contributed by atoms with Gasteiger partial charge in [-0.15, -0.1) is 0 Å². The van der Waals surface area contributed by atoms with E-state index in [1.165, 1.54) is 12.0 Å². The Morgan fingerprint density at radius 3 is 2.29 bits per heavy atom. The van der Waals surface area contributed by atoms with Crippen LogP contribution in [-0.4, -0.2) is 62.8 Å². The Morgan fingerprint density at radius 2 is 1.69 bits per heavy atom. The number of hydrogen-bond donors (Lipinski definition) is 1. The van der Waals surface area contributed by atoms with Gasteiger partial charge in [-0.1, -0.05) is 19.9 Å². The molecule has 1 heterocycles. The van der Waals surface area contributed by atoms with Crippen LogP contribution in [0.25, 0.3) is 5.76 Å². The van der Waals surface area contributed by atoms with Crippen molar-refractivity contribution in [2.75, 3.05) is 41.1 Å². The fourth-order valence-corrected chi connectivity index (χ4v) is 4.06. The van der Waals surface area contributed by atoms with Gasteiger partial charge in [0.1, 0.15) is 11.5 Å². The van der Waals surface area contributed by atoms with Crippen LogP contribution in [0.15, 0.2) is 42.0 Å². The van der Waals surface area contributed by atoms with Crippen molar-refractivity contribution in [2.45, 2.75) is 26.8 Å². The standard InChI is InChI=1S/C27H33NO7/c1-16(2)15-35-22-14-18(7-10-21(22)34-6)24-23(26(30)27(31)28(24)11-12-32-4)25(29)19-8-9-20(33-5)17(3)13-19/h7-10,13-14,16,24,29H,11-12,15H2,1-6H3/b25-23-. The summed E-state index contributed by atoms with van der Waals surface area (Å²) in [6.45, 7) is 6.79. The number of methoxy groups -OCH3 is 3. The zero-order chi connectivity index (χ0) is 25.7. The largest absolute Gasteiger partial charge is 0.507 e. The van der Waals surface area contributed by atoms with E-state index >= 15 is 0 Å². The summed E-state index contributed by atoms with van der Waals surface area (Å²) in [5.74, 6) is 0.274. The van der Waals surface area contributed by atoms with Gasteiger partial charge in [0.15, 0.2) is 11.5 Å². The van der Waals surface area contributed by atoms with Crippen LogP contribution in [0.2, 0.25) is 0 Å². The number of nitrogens with zero attached hydrogens (tertiary/aromatic N) is 1. The van der Waals surface area contributed by atoms with Gasteiger partial charge in [0.25, 0.3) is 11.7 Å². The number of amides is 1. The van der Waals surface area contributed by atoms with E-state index < -0.39 is 17.7 Å². The maximum Gasteiger partial charge on any atom is 0.295 e. The lowest BCUT2D eigenvalue weighted by Crippen LogP contribution is -2.32. The molecule has 35 heavy (non-hydrogen) atoms. The predicted molar refractivity (Wildman–Crippen MR) is 132 cm³/mol. The van der Waals surface area contributed by atoms with Crippen molar-refractivity contribution in [3.8, 4) is 17.2 Å². The first-order valence-corrected chi connectivity index (χ1v) is 11.5. The van der Waals surface area contributed by atoms with Crippen LogP contribution in [0.4, 0.5) is 0 Å². The second kappa shape index (κ2) is 11.3. The number of Topliss-reactive ketones (excluding diaryl/α,β-unsaturated/α-hetero) is 1. The minimum Gasteiger partial charge on any atom is -0.507 e. The minimum atomic E-state index is -0.820. The fraction of sp³-hybridized carbons (Fsp3) is 0.407. The quantitative estimate of drug-likeness (QED) is 0.309. The van der Waals surface area contributed by atoms with Crippen molar-refractivity contribution >= 4 is 17.4 Å². The number of aliphatic hydroxyl groups excluding tert-OH is 1. The molecule has 0 aromatic heterocycles. The van der Waals surface area contributed by atoms with Gasteiger partial charge in [-0.3, -0.25) is 9.59 Å². The highest BCUT2D eigenvalue weighted by Gasteiger charge is 2.46. The van der Waals surface area contributed by atoms with Crippen LogP contribution in [0.5, 0.6) is 17.2 Å². The van der Waals surface area contributed by atoms with E-state index in [1.54, 1.807) is 50.6 Å². The molecule has 1 fully saturated rings. The molecule has 1 aliphatic rings. The molecule has 1 amide bonds. The van der Waals surface area contributed by atoms with Crippen LogP contribution in [-0.2, 0) is 14.3 Å². The summed E-state index contributed by atoms with van der Waals surface area (Å²) in [6.07, 6.45) is 0. The van der Waals surface area contributed by atoms with Gasteiger partial charge >= 0.3 is 0 Å².